The smallest absolute Gasteiger partial charge is 0.221 e. The van der Waals surface area contributed by atoms with Crippen LogP contribution in [0.3, 0.4) is 0 Å². The van der Waals surface area contributed by atoms with E-state index in [1.807, 2.05) is 47.9 Å². The molecule has 30 heavy (non-hydrogen) atoms. The van der Waals surface area contributed by atoms with Gasteiger partial charge in [-0.15, -0.1) is 0 Å². The Morgan fingerprint density at radius 2 is 2.00 bits per heavy atom. The highest BCUT2D eigenvalue weighted by Gasteiger charge is 2.11. The van der Waals surface area contributed by atoms with Crippen LogP contribution in [0, 0.1) is 11.7 Å². The summed E-state index contributed by atoms with van der Waals surface area (Å²) >= 11 is 5.34. The molecular weight excluding hydrogens is 396 g/mol. The number of hydrogen-bond acceptors (Lipinski definition) is 4. The largest absolute Gasteiger partial charge is 0.492 e. The van der Waals surface area contributed by atoms with E-state index in [0.717, 1.165) is 22.7 Å². The lowest BCUT2D eigenvalue weighted by Gasteiger charge is -2.10. The van der Waals surface area contributed by atoms with Crippen molar-refractivity contribution < 1.29 is 9.53 Å². The minimum atomic E-state index is -0.0490. The summed E-state index contributed by atoms with van der Waals surface area (Å²) in [6.07, 6.45) is 0.315. The maximum absolute atomic E-state index is 12.2. The second-order valence-corrected chi connectivity index (χ2v) is 7.93. The van der Waals surface area contributed by atoms with E-state index in [4.69, 9.17) is 17.0 Å². The Morgan fingerprint density at radius 3 is 2.70 bits per heavy atom. The third-order valence-corrected chi connectivity index (χ3v) is 5.15. The number of aryl methyl sites for hydroxylation is 1. The van der Waals surface area contributed by atoms with Crippen molar-refractivity contribution in [2.45, 2.75) is 39.7 Å². The van der Waals surface area contributed by atoms with Crippen molar-refractivity contribution in [1.82, 2.24) is 20.1 Å². The van der Waals surface area contributed by atoms with E-state index in [2.05, 4.69) is 41.5 Å². The van der Waals surface area contributed by atoms with Gasteiger partial charge in [0.05, 0.1) is 6.54 Å². The van der Waals surface area contributed by atoms with Crippen LogP contribution < -0.4 is 10.1 Å². The first-order valence-corrected chi connectivity index (χ1v) is 10.6. The molecule has 3 rings (SSSR count). The number of nitrogens with one attached hydrogen (secondary N) is 2. The highest BCUT2D eigenvalue weighted by Crippen LogP contribution is 2.19. The van der Waals surface area contributed by atoms with Gasteiger partial charge in [-0.05, 0) is 48.8 Å². The monoisotopic (exact) mass is 424 g/mol. The highest BCUT2D eigenvalue weighted by atomic mass is 32.1. The first kappa shape index (κ1) is 21.8. The van der Waals surface area contributed by atoms with Crippen LogP contribution in [-0.4, -0.2) is 33.8 Å². The second kappa shape index (κ2) is 10.2. The number of benzene rings is 2. The molecule has 1 amide bonds. The van der Waals surface area contributed by atoms with E-state index >= 15 is 0 Å². The first-order valence-electron chi connectivity index (χ1n) is 10.2. The number of rotatable bonds is 9. The molecule has 0 aliphatic heterocycles. The molecule has 3 aromatic rings. The Morgan fingerprint density at radius 1 is 1.23 bits per heavy atom. The fraction of sp³-hybridized carbons (Fsp3) is 0.348. The quantitative estimate of drug-likeness (QED) is 0.388. The summed E-state index contributed by atoms with van der Waals surface area (Å²) < 4.78 is 8.06. The van der Waals surface area contributed by atoms with Gasteiger partial charge in [0.15, 0.2) is 10.6 Å². The van der Waals surface area contributed by atoms with E-state index in [0.29, 0.717) is 36.8 Å². The van der Waals surface area contributed by atoms with Crippen molar-refractivity contribution in [3.63, 3.8) is 0 Å². The Bertz CT molecular complexity index is 1040. The summed E-state index contributed by atoms with van der Waals surface area (Å²) in [5.41, 5.74) is 3.39. The van der Waals surface area contributed by atoms with Crippen molar-refractivity contribution in [3.8, 4) is 17.1 Å². The molecule has 1 aromatic heterocycles. The average molecular weight is 425 g/mol. The van der Waals surface area contributed by atoms with Crippen molar-refractivity contribution in [3.05, 3.63) is 64.4 Å². The summed E-state index contributed by atoms with van der Waals surface area (Å²) in [6.45, 7) is 7.68. The van der Waals surface area contributed by atoms with Crippen LogP contribution in [-0.2, 0) is 11.3 Å². The maximum atomic E-state index is 12.2. The molecule has 2 aromatic carbocycles. The zero-order valence-corrected chi connectivity index (χ0v) is 18.5. The standard InChI is InChI=1S/C23H28N4O2S/c1-16(2)18-7-9-20(10-8-18)29-14-12-24-21(28)11-13-27-22(25-26-23(27)30)19-6-4-5-17(3)15-19/h4-10,15-16H,11-14H2,1-3H3,(H,24,28)(H,26,30). The number of carbonyl (C=O) groups is 1. The number of aromatic nitrogens is 3. The minimum Gasteiger partial charge on any atom is -0.492 e. The van der Waals surface area contributed by atoms with Gasteiger partial charge in [-0.1, -0.05) is 49.7 Å². The summed E-state index contributed by atoms with van der Waals surface area (Å²) in [5.74, 6) is 1.99. The van der Waals surface area contributed by atoms with Crippen LogP contribution in [0.2, 0.25) is 0 Å². The summed E-state index contributed by atoms with van der Waals surface area (Å²) in [6, 6.07) is 16.1. The van der Waals surface area contributed by atoms with E-state index in [1.165, 1.54) is 5.56 Å². The van der Waals surface area contributed by atoms with Crippen LogP contribution in [0.1, 0.15) is 37.3 Å². The second-order valence-electron chi connectivity index (χ2n) is 7.55. The van der Waals surface area contributed by atoms with Crippen molar-refractivity contribution >= 4 is 18.1 Å². The number of hydrogen-bond donors (Lipinski definition) is 2. The van der Waals surface area contributed by atoms with Gasteiger partial charge in [0, 0.05) is 18.5 Å². The van der Waals surface area contributed by atoms with Gasteiger partial charge >= 0.3 is 0 Å². The summed E-state index contributed by atoms with van der Waals surface area (Å²) in [7, 11) is 0. The first-order chi connectivity index (χ1) is 14.4. The van der Waals surface area contributed by atoms with E-state index in [9.17, 15) is 4.79 Å². The van der Waals surface area contributed by atoms with Gasteiger partial charge < -0.3 is 10.1 Å². The zero-order valence-electron chi connectivity index (χ0n) is 17.6. The Kier molecular flexibility index (Phi) is 7.41. The molecule has 7 heteroatoms. The number of amides is 1. The van der Waals surface area contributed by atoms with Crippen LogP contribution in [0.4, 0.5) is 0 Å². The minimum absolute atomic E-state index is 0.0490. The third kappa shape index (κ3) is 5.79. The topological polar surface area (TPSA) is 71.9 Å². The predicted molar refractivity (Wildman–Crippen MR) is 121 cm³/mol. The average Bonchev–Trinajstić information content (AvgIpc) is 3.10. The zero-order chi connectivity index (χ0) is 21.5. The molecule has 0 fully saturated rings. The molecule has 158 valence electrons. The van der Waals surface area contributed by atoms with Crippen LogP contribution >= 0.6 is 12.2 Å². The van der Waals surface area contributed by atoms with Gasteiger partial charge in [-0.3, -0.25) is 14.5 Å². The molecule has 0 aliphatic carbocycles. The molecule has 0 unspecified atom stereocenters. The lowest BCUT2D eigenvalue weighted by Crippen LogP contribution is -2.28. The number of carbonyl (C=O) groups excluding carboxylic acids is 1. The SMILES string of the molecule is Cc1cccc(-c2n[nH]c(=S)n2CCC(=O)NCCOc2ccc(C(C)C)cc2)c1. The maximum Gasteiger partial charge on any atom is 0.221 e. The van der Waals surface area contributed by atoms with E-state index < -0.39 is 0 Å². The molecular formula is C23H28N4O2S. The number of aromatic amines is 1. The third-order valence-electron chi connectivity index (χ3n) is 4.84. The normalized spacial score (nSPS) is 10.9. The van der Waals surface area contributed by atoms with Gasteiger partial charge in [0.25, 0.3) is 0 Å². The fourth-order valence-corrected chi connectivity index (χ4v) is 3.36. The molecule has 1 heterocycles. The molecule has 2 N–H and O–H groups in total. The summed E-state index contributed by atoms with van der Waals surface area (Å²) in [5, 5.41) is 10.0. The Labute approximate surface area is 182 Å². The van der Waals surface area contributed by atoms with E-state index in [-0.39, 0.29) is 5.91 Å². The van der Waals surface area contributed by atoms with Crippen LogP contribution in [0.5, 0.6) is 5.75 Å². The summed E-state index contributed by atoms with van der Waals surface area (Å²) in [4.78, 5) is 12.2. The molecule has 0 saturated carbocycles. The van der Waals surface area contributed by atoms with Gasteiger partial charge in [-0.25, -0.2) is 0 Å². The van der Waals surface area contributed by atoms with Gasteiger partial charge in [-0.2, -0.15) is 5.10 Å². The lowest BCUT2D eigenvalue weighted by atomic mass is 10.0. The van der Waals surface area contributed by atoms with E-state index in [1.54, 1.807) is 0 Å². The van der Waals surface area contributed by atoms with Crippen molar-refractivity contribution in [2.24, 2.45) is 0 Å². The molecule has 0 radical (unpaired) electrons. The number of H-pyrrole nitrogens is 1. The van der Waals surface area contributed by atoms with Crippen LogP contribution in [0.25, 0.3) is 11.4 Å². The Hall–Kier alpha value is -2.93. The molecule has 0 bridgehead atoms. The lowest BCUT2D eigenvalue weighted by molar-refractivity contribution is -0.121. The molecule has 0 saturated heterocycles. The van der Waals surface area contributed by atoms with Gasteiger partial charge in [0.2, 0.25) is 5.91 Å². The molecule has 0 spiro atoms. The highest BCUT2D eigenvalue weighted by molar-refractivity contribution is 7.71. The van der Waals surface area contributed by atoms with Crippen molar-refractivity contribution in [2.75, 3.05) is 13.2 Å². The van der Waals surface area contributed by atoms with Crippen molar-refractivity contribution in [1.29, 1.82) is 0 Å². The van der Waals surface area contributed by atoms with Gasteiger partial charge in [0.1, 0.15) is 12.4 Å². The molecule has 0 aliphatic rings. The Balaban J connectivity index is 1.46. The number of ether oxygens (including phenoxy) is 1. The fourth-order valence-electron chi connectivity index (χ4n) is 3.14. The molecule has 6 nitrogen and oxygen atoms in total. The van der Waals surface area contributed by atoms with Crippen LogP contribution in [0.15, 0.2) is 48.5 Å². The predicted octanol–water partition coefficient (Wildman–Crippen LogP) is 4.62. The molecule has 0 atom stereocenters. The number of nitrogens with zero attached hydrogens (tertiary/aromatic N) is 2.